The van der Waals surface area contributed by atoms with E-state index in [0.29, 0.717) is 12.1 Å². The predicted molar refractivity (Wildman–Crippen MR) is 115 cm³/mol. The molecule has 6 heteroatoms. The van der Waals surface area contributed by atoms with Gasteiger partial charge in [-0.25, -0.2) is 4.79 Å². The minimum absolute atomic E-state index is 0.170. The molecular weight excluding hydrogens is 394 g/mol. The number of hydrogen-bond donors (Lipinski definition) is 0. The fourth-order valence-corrected chi connectivity index (χ4v) is 2.88. The van der Waals surface area contributed by atoms with Gasteiger partial charge in [-0.15, -0.1) is 0 Å². The molecule has 0 aliphatic heterocycles. The first-order valence-electron chi connectivity index (χ1n) is 9.65. The first-order chi connectivity index (χ1) is 15.0. The second kappa shape index (κ2) is 10.1. The molecule has 0 saturated heterocycles. The van der Waals surface area contributed by atoms with Crippen LogP contribution in [0.15, 0.2) is 84.9 Å². The van der Waals surface area contributed by atoms with Crippen molar-refractivity contribution in [2.75, 3.05) is 13.7 Å². The van der Waals surface area contributed by atoms with Crippen molar-refractivity contribution in [1.82, 2.24) is 4.90 Å². The maximum absolute atomic E-state index is 12.4. The SMILES string of the molecule is CN(Cc1ccccc1)C(=O)COC(=O)c1ccc(C(=O)C(=O)c2ccccc2)cc1. The number of hydrogen-bond acceptors (Lipinski definition) is 5. The topological polar surface area (TPSA) is 80.8 Å². The molecule has 6 nitrogen and oxygen atoms in total. The molecule has 0 aliphatic carbocycles. The summed E-state index contributed by atoms with van der Waals surface area (Å²) < 4.78 is 5.08. The molecule has 0 bridgehead atoms. The van der Waals surface area contributed by atoms with E-state index < -0.39 is 24.1 Å². The van der Waals surface area contributed by atoms with Gasteiger partial charge >= 0.3 is 5.97 Å². The maximum Gasteiger partial charge on any atom is 0.338 e. The third kappa shape index (κ3) is 5.73. The number of carbonyl (C=O) groups excluding carboxylic acids is 4. The van der Waals surface area contributed by atoms with E-state index in [0.717, 1.165) is 5.56 Å². The predicted octanol–water partition coefficient (Wildman–Crippen LogP) is 3.57. The lowest BCUT2D eigenvalue weighted by atomic mass is 10.0. The van der Waals surface area contributed by atoms with Gasteiger partial charge in [-0.3, -0.25) is 14.4 Å². The van der Waals surface area contributed by atoms with E-state index in [9.17, 15) is 19.2 Å². The average molecular weight is 415 g/mol. The van der Waals surface area contributed by atoms with Crippen LogP contribution >= 0.6 is 0 Å². The highest BCUT2D eigenvalue weighted by Crippen LogP contribution is 2.11. The van der Waals surface area contributed by atoms with E-state index in [1.54, 1.807) is 37.4 Å². The van der Waals surface area contributed by atoms with Gasteiger partial charge in [0.1, 0.15) is 0 Å². The monoisotopic (exact) mass is 415 g/mol. The summed E-state index contributed by atoms with van der Waals surface area (Å²) in [5, 5.41) is 0. The number of ether oxygens (including phenoxy) is 1. The lowest BCUT2D eigenvalue weighted by molar-refractivity contribution is -0.133. The van der Waals surface area contributed by atoms with Gasteiger partial charge in [-0.1, -0.05) is 72.8 Å². The minimum atomic E-state index is -0.685. The van der Waals surface area contributed by atoms with Crippen molar-refractivity contribution in [1.29, 1.82) is 0 Å². The number of benzene rings is 3. The summed E-state index contributed by atoms with van der Waals surface area (Å²) in [5.41, 5.74) is 1.62. The lowest BCUT2D eigenvalue weighted by Gasteiger charge is -2.17. The zero-order chi connectivity index (χ0) is 22.2. The number of ketones is 2. The van der Waals surface area contributed by atoms with Crippen LogP contribution in [0.1, 0.15) is 36.6 Å². The van der Waals surface area contributed by atoms with Crippen molar-refractivity contribution in [2.24, 2.45) is 0 Å². The van der Waals surface area contributed by atoms with Crippen LogP contribution in [0.2, 0.25) is 0 Å². The number of Topliss-reactive ketones (excluding diaryl/α,β-unsaturated/α-hetero) is 2. The number of carbonyl (C=O) groups is 4. The van der Waals surface area contributed by atoms with E-state index in [1.807, 2.05) is 30.3 Å². The molecule has 0 fully saturated rings. The Labute approximate surface area is 180 Å². The van der Waals surface area contributed by atoms with Crippen LogP contribution in [0.25, 0.3) is 0 Å². The molecule has 0 atom stereocenters. The van der Waals surface area contributed by atoms with Crippen molar-refractivity contribution in [3.05, 3.63) is 107 Å². The van der Waals surface area contributed by atoms with Gasteiger partial charge in [0, 0.05) is 24.7 Å². The van der Waals surface area contributed by atoms with Crippen LogP contribution < -0.4 is 0 Å². The molecule has 156 valence electrons. The standard InChI is InChI=1S/C25H21NO5/c1-26(16-18-8-4-2-5-9-18)22(27)17-31-25(30)21-14-12-20(13-15-21)24(29)23(28)19-10-6-3-7-11-19/h2-15H,16-17H2,1H3. The first kappa shape index (κ1) is 21.6. The molecule has 0 unspecified atom stereocenters. The molecule has 0 saturated carbocycles. The Balaban J connectivity index is 1.54. The second-order valence-corrected chi connectivity index (χ2v) is 6.91. The van der Waals surface area contributed by atoms with Gasteiger partial charge in [0.25, 0.3) is 5.91 Å². The fourth-order valence-electron chi connectivity index (χ4n) is 2.88. The number of likely N-dealkylation sites (N-methyl/N-ethyl adjacent to an activating group) is 1. The Morgan fingerprint density at radius 1 is 0.677 bits per heavy atom. The smallest absolute Gasteiger partial charge is 0.338 e. The van der Waals surface area contributed by atoms with E-state index in [4.69, 9.17) is 4.74 Å². The number of amides is 1. The Kier molecular flexibility index (Phi) is 7.06. The normalized spacial score (nSPS) is 10.2. The molecule has 0 N–H and O–H groups in total. The van der Waals surface area contributed by atoms with Crippen molar-refractivity contribution >= 4 is 23.4 Å². The quantitative estimate of drug-likeness (QED) is 0.319. The molecule has 1 amide bonds. The number of rotatable bonds is 8. The van der Waals surface area contributed by atoms with Crippen LogP contribution in [0, 0.1) is 0 Å². The first-order valence-corrected chi connectivity index (χ1v) is 9.65. The van der Waals surface area contributed by atoms with Gasteiger partial charge in [-0.2, -0.15) is 0 Å². The molecule has 0 spiro atoms. The van der Waals surface area contributed by atoms with Crippen molar-refractivity contribution in [3.63, 3.8) is 0 Å². The molecular formula is C25H21NO5. The second-order valence-electron chi connectivity index (χ2n) is 6.91. The van der Waals surface area contributed by atoms with Gasteiger partial charge in [0.15, 0.2) is 6.61 Å². The zero-order valence-corrected chi connectivity index (χ0v) is 17.0. The Morgan fingerprint density at radius 2 is 1.16 bits per heavy atom. The van der Waals surface area contributed by atoms with Crippen LogP contribution in [0.3, 0.4) is 0 Å². The summed E-state index contributed by atoms with van der Waals surface area (Å²) in [6, 6.07) is 23.3. The summed E-state index contributed by atoms with van der Waals surface area (Å²) in [6.07, 6.45) is 0. The minimum Gasteiger partial charge on any atom is -0.452 e. The summed E-state index contributed by atoms with van der Waals surface area (Å²) in [6.45, 7) is 0.0127. The molecule has 3 aromatic rings. The highest BCUT2D eigenvalue weighted by Gasteiger charge is 2.19. The molecule has 3 rings (SSSR count). The van der Waals surface area contributed by atoms with Crippen LogP contribution in [0.5, 0.6) is 0 Å². The third-order valence-corrected chi connectivity index (χ3v) is 4.64. The fraction of sp³-hybridized carbons (Fsp3) is 0.120. The molecule has 0 heterocycles. The maximum atomic E-state index is 12.4. The molecule has 0 aromatic heterocycles. The van der Waals surface area contributed by atoms with E-state index in [-0.39, 0.29) is 17.0 Å². The van der Waals surface area contributed by atoms with Crippen molar-refractivity contribution in [2.45, 2.75) is 6.54 Å². The van der Waals surface area contributed by atoms with E-state index in [1.165, 1.54) is 29.2 Å². The van der Waals surface area contributed by atoms with Crippen molar-refractivity contribution < 1.29 is 23.9 Å². The third-order valence-electron chi connectivity index (χ3n) is 4.64. The molecule has 31 heavy (non-hydrogen) atoms. The summed E-state index contributed by atoms with van der Waals surface area (Å²) in [4.78, 5) is 50.5. The van der Waals surface area contributed by atoms with Gasteiger partial charge in [0.2, 0.25) is 11.6 Å². The highest BCUT2D eigenvalue weighted by molar-refractivity contribution is 6.49. The highest BCUT2D eigenvalue weighted by atomic mass is 16.5. The number of nitrogens with zero attached hydrogens (tertiary/aromatic N) is 1. The Hall–Kier alpha value is -4.06. The van der Waals surface area contributed by atoms with Crippen LogP contribution in [-0.2, 0) is 16.1 Å². The summed E-state index contributed by atoms with van der Waals surface area (Å²) in [7, 11) is 1.63. The van der Waals surface area contributed by atoms with Gasteiger partial charge < -0.3 is 9.64 Å². The van der Waals surface area contributed by atoms with Crippen LogP contribution in [0.4, 0.5) is 0 Å². The molecule has 3 aromatic carbocycles. The average Bonchev–Trinajstić information content (AvgIpc) is 2.82. The molecule has 0 radical (unpaired) electrons. The van der Waals surface area contributed by atoms with Crippen LogP contribution in [-0.4, -0.2) is 42.0 Å². The largest absolute Gasteiger partial charge is 0.452 e. The van der Waals surface area contributed by atoms with Crippen molar-refractivity contribution in [3.8, 4) is 0 Å². The zero-order valence-electron chi connectivity index (χ0n) is 17.0. The number of esters is 1. The van der Waals surface area contributed by atoms with Gasteiger partial charge in [-0.05, 0) is 17.7 Å². The lowest BCUT2D eigenvalue weighted by Crippen LogP contribution is -2.30. The Bertz CT molecular complexity index is 1080. The van der Waals surface area contributed by atoms with E-state index >= 15 is 0 Å². The Morgan fingerprint density at radius 3 is 1.74 bits per heavy atom. The van der Waals surface area contributed by atoms with E-state index in [2.05, 4.69) is 0 Å². The molecule has 0 aliphatic rings. The summed E-state index contributed by atoms with van der Waals surface area (Å²) in [5.74, 6) is -2.31. The van der Waals surface area contributed by atoms with Gasteiger partial charge in [0.05, 0.1) is 5.56 Å². The summed E-state index contributed by atoms with van der Waals surface area (Å²) >= 11 is 0.